The number of aromatic nitrogens is 2. The van der Waals surface area contributed by atoms with Gasteiger partial charge in [-0.2, -0.15) is 0 Å². The normalized spacial score (nSPS) is 23.2. The van der Waals surface area contributed by atoms with Gasteiger partial charge in [-0.25, -0.2) is 9.97 Å². The summed E-state index contributed by atoms with van der Waals surface area (Å²) in [5.41, 5.74) is 0. The third-order valence-corrected chi connectivity index (χ3v) is 3.73. The van der Waals surface area contributed by atoms with Crippen molar-refractivity contribution in [3.8, 4) is 5.75 Å². The minimum absolute atomic E-state index is 0.503. The molecule has 5 heteroatoms. The molecule has 0 bridgehead atoms. The van der Waals surface area contributed by atoms with Crippen molar-refractivity contribution >= 4 is 11.6 Å². The van der Waals surface area contributed by atoms with E-state index in [-0.39, 0.29) is 0 Å². The van der Waals surface area contributed by atoms with E-state index in [4.69, 9.17) is 4.74 Å². The molecule has 1 aromatic rings. The number of nitrogens with one attached hydrogen (secondary N) is 1. The number of hydrogen-bond acceptors (Lipinski definition) is 5. The van der Waals surface area contributed by atoms with Crippen molar-refractivity contribution in [2.24, 2.45) is 0 Å². The van der Waals surface area contributed by atoms with E-state index in [1.54, 1.807) is 13.4 Å². The molecule has 2 unspecified atom stereocenters. The molecule has 0 aromatic carbocycles. The summed E-state index contributed by atoms with van der Waals surface area (Å²) in [6, 6.07) is 1.05. The second kappa shape index (κ2) is 5.42. The van der Waals surface area contributed by atoms with Crippen molar-refractivity contribution in [2.75, 3.05) is 24.4 Å². The van der Waals surface area contributed by atoms with Gasteiger partial charge in [0.1, 0.15) is 6.33 Å². The van der Waals surface area contributed by atoms with Gasteiger partial charge >= 0.3 is 0 Å². The Bertz CT molecular complexity index is 410. The zero-order chi connectivity index (χ0) is 13.1. The second-order valence-electron chi connectivity index (χ2n) is 4.72. The number of nitrogens with zero attached hydrogens (tertiary/aromatic N) is 3. The molecule has 1 aliphatic heterocycles. The van der Waals surface area contributed by atoms with Crippen LogP contribution in [0.25, 0.3) is 0 Å². The molecule has 0 saturated carbocycles. The van der Waals surface area contributed by atoms with Gasteiger partial charge < -0.3 is 15.0 Å². The van der Waals surface area contributed by atoms with E-state index in [1.807, 2.05) is 7.05 Å². The molecule has 1 aromatic heterocycles. The highest BCUT2D eigenvalue weighted by molar-refractivity contribution is 5.65. The summed E-state index contributed by atoms with van der Waals surface area (Å²) in [4.78, 5) is 11.0. The molecule has 1 fully saturated rings. The number of anilines is 2. The summed E-state index contributed by atoms with van der Waals surface area (Å²) in [5.74, 6) is 2.40. The molecule has 0 aliphatic carbocycles. The van der Waals surface area contributed by atoms with E-state index in [9.17, 15) is 0 Å². The molecule has 18 heavy (non-hydrogen) atoms. The highest BCUT2D eigenvalue weighted by atomic mass is 16.5. The van der Waals surface area contributed by atoms with E-state index in [2.05, 4.69) is 34.0 Å². The second-order valence-corrected chi connectivity index (χ2v) is 4.72. The van der Waals surface area contributed by atoms with Crippen LogP contribution >= 0.6 is 0 Å². The number of methoxy groups -OCH3 is 1. The summed E-state index contributed by atoms with van der Waals surface area (Å²) in [6.07, 6.45) is 5.16. The van der Waals surface area contributed by atoms with E-state index in [0.29, 0.717) is 12.1 Å². The minimum atomic E-state index is 0.503. The minimum Gasteiger partial charge on any atom is -0.490 e. The lowest BCUT2D eigenvalue weighted by Crippen LogP contribution is -2.35. The first-order valence-corrected chi connectivity index (χ1v) is 6.58. The average Bonchev–Trinajstić information content (AvgIpc) is 2.78. The largest absolute Gasteiger partial charge is 0.490 e. The van der Waals surface area contributed by atoms with Crippen molar-refractivity contribution in [3.05, 3.63) is 6.33 Å². The third kappa shape index (κ3) is 2.09. The fourth-order valence-corrected chi connectivity index (χ4v) is 2.77. The van der Waals surface area contributed by atoms with Crippen LogP contribution in [-0.4, -0.2) is 36.2 Å². The van der Waals surface area contributed by atoms with Crippen LogP contribution in [0.4, 0.5) is 11.6 Å². The van der Waals surface area contributed by atoms with Crippen LogP contribution in [0.5, 0.6) is 5.75 Å². The maximum atomic E-state index is 5.49. The predicted octanol–water partition coefficient (Wildman–Crippen LogP) is 2.29. The van der Waals surface area contributed by atoms with Crippen LogP contribution in [-0.2, 0) is 0 Å². The van der Waals surface area contributed by atoms with E-state index in [0.717, 1.165) is 23.8 Å². The molecule has 2 rings (SSSR count). The van der Waals surface area contributed by atoms with Gasteiger partial charge in [0.25, 0.3) is 0 Å². The van der Waals surface area contributed by atoms with Crippen LogP contribution < -0.4 is 15.0 Å². The molecule has 2 atom stereocenters. The summed E-state index contributed by atoms with van der Waals surface area (Å²) < 4.78 is 5.49. The van der Waals surface area contributed by atoms with Crippen LogP contribution in [0.2, 0.25) is 0 Å². The smallest absolute Gasteiger partial charge is 0.204 e. The number of hydrogen-bond donors (Lipinski definition) is 1. The summed E-state index contributed by atoms with van der Waals surface area (Å²) >= 11 is 0. The van der Waals surface area contributed by atoms with Gasteiger partial charge in [-0.15, -0.1) is 0 Å². The molecule has 5 nitrogen and oxygen atoms in total. The van der Waals surface area contributed by atoms with Crippen LogP contribution in [0.1, 0.15) is 33.1 Å². The van der Waals surface area contributed by atoms with Gasteiger partial charge in [0.15, 0.2) is 11.6 Å². The van der Waals surface area contributed by atoms with Crippen molar-refractivity contribution in [3.63, 3.8) is 0 Å². The first-order valence-electron chi connectivity index (χ1n) is 6.58. The topological polar surface area (TPSA) is 50.3 Å². The Morgan fingerprint density at radius 1 is 1.44 bits per heavy atom. The Labute approximate surface area is 109 Å². The fourth-order valence-electron chi connectivity index (χ4n) is 2.77. The van der Waals surface area contributed by atoms with E-state index in [1.165, 1.54) is 12.8 Å². The average molecular weight is 250 g/mol. The van der Waals surface area contributed by atoms with E-state index < -0.39 is 0 Å². The van der Waals surface area contributed by atoms with Crippen LogP contribution in [0.15, 0.2) is 6.33 Å². The molecular formula is C13H22N4O. The maximum Gasteiger partial charge on any atom is 0.204 e. The van der Waals surface area contributed by atoms with Gasteiger partial charge in [0, 0.05) is 19.1 Å². The molecule has 0 radical (unpaired) electrons. The van der Waals surface area contributed by atoms with Gasteiger partial charge in [0.05, 0.1) is 7.11 Å². The maximum absolute atomic E-state index is 5.49. The highest BCUT2D eigenvalue weighted by Crippen LogP contribution is 2.38. The summed E-state index contributed by atoms with van der Waals surface area (Å²) in [6.45, 7) is 4.47. The Morgan fingerprint density at radius 3 is 2.83 bits per heavy atom. The van der Waals surface area contributed by atoms with Crippen molar-refractivity contribution < 1.29 is 4.74 Å². The first kappa shape index (κ1) is 12.9. The molecule has 1 N–H and O–H groups in total. The molecule has 0 amide bonds. The first-order chi connectivity index (χ1) is 8.72. The van der Waals surface area contributed by atoms with E-state index >= 15 is 0 Å². The lowest BCUT2D eigenvalue weighted by Gasteiger charge is -2.30. The lowest BCUT2D eigenvalue weighted by atomic mass is 10.1. The van der Waals surface area contributed by atoms with Gasteiger partial charge in [-0.05, 0) is 26.2 Å². The highest BCUT2D eigenvalue weighted by Gasteiger charge is 2.33. The van der Waals surface area contributed by atoms with Gasteiger partial charge in [-0.3, -0.25) is 0 Å². The predicted molar refractivity (Wildman–Crippen MR) is 73.4 cm³/mol. The zero-order valence-electron chi connectivity index (χ0n) is 11.6. The van der Waals surface area contributed by atoms with Crippen LogP contribution in [0, 0.1) is 0 Å². The molecular weight excluding hydrogens is 228 g/mol. The van der Waals surface area contributed by atoms with Crippen molar-refractivity contribution in [1.82, 2.24) is 9.97 Å². The summed E-state index contributed by atoms with van der Waals surface area (Å²) in [5, 5.41) is 3.06. The number of ether oxygens (including phenoxy) is 1. The van der Waals surface area contributed by atoms with Crippen LogP contribution in [0.3, 0.4) is 0 Å². The Balaban J connectivity index is 2.43. The standard InChI is InChI=1S/C13H22N4O/c1-5-10-7-6-9(2)17(10)13-11(18-4)12(14-3)15-8-16-13/h8-10H,5-7H2,1-4H3,(H,14,15,16). The molecule has 100 valence electrons. The third-order valence-electron chi connectivity index (χ3n) is 3.73. The monoisotopic (exact) mass is 250 g/mol. The SMILES string of the molecule is CCC1CCC(C)N1c1ncnc(NC)c1OC. The van der Waals surface area contributed by atoms with Crippen molar-refractivity contribution in [2.45, 2.75) is 45.2 Å². The lowest BCUT2D eigenvalue weighted by molar-refractivity contribution is 0.410. The quantitative estimate of drug-likeness (QED) is 0.888. The molecule has 1 saturated heterocycles. The Hall–Kier alpha value is -1.52. The molecule has 2 heterocycles. The molecule has 0 spiro atoms. The van der Waals surface area contributed by atoms with Gasteiger partial charge in [0.2, 0.25) is 5.75 Å². The Morgan fingerprint density at radius 2 is 2.22 bits per heavy atom. The molecule has 1 aliphatic rings. The Kier molecular flexibility index (Phi) is 3.89. The zero-order valence-corrected chi connectivity index (χ0v) is 11.6. The number of rotatable bonds is 4. The van der Waals surface area contributed by atoms with Gasteiger partial charge in [-0.1, -0.05) is 6.92 Å². The van der Waals surface area contributed by atoms with Crippen molar-refractivity contribution in [1.29, 1.82) is 0 Å². The summed E-state index contributed by atoms with van der Waals surface area (Å²) in [7, 11) is 3.52. The fraction of sp³-hybridized carbons (Fsp3) is 0.692.